The molecule has 0 saturated carbocycles. The number of aromatic nitrogens is 3. The van der Waals surface area contributed by atoms with Crippen molar-refractivity contribution in [2.24, 2.45) is 7.05 Å². The number of pyridine rings is 1. The molecule has 0 fully saturated rings. The lowest BCUT2D eigenvalue weighted by Crippen LogP contribution is -2.26. The van der Waals surface area contributed by atoms with Crippen LogP contribution < -0.4 is 10.1 Å². The maximum absolute atomic E-state index is 12.7. The lowest BCUT2D eigenvalue weighted by Gasteiger charge is -2.08. The maximum Gasteiger partial charge on any atom is 0.252 e. The summed E-state index contributed by atoms with van der Waals surface area (Å²) in [6.45, 7) is 4.34. The molecule has 0 aliphatic rings. The van der Waals surface area contributed by atoms with Crippen LogP contribution in [0.5, 0.6) is 5.75 Å². The van der Waals surface area contributed by atoms with Crippen LogP contribution in [0.2, 0.25) is 0 Å². The van der Waals surface area contributed by atoms with E-state index in [1.54, 1.807) is 11.8 Å². The van der Waals surface area contributed by atoms with E-state index in [-0.39, 0.29) is 5.91 Å². The zero-order valence-corrected chi connectivity index (χ0v) is 15.0. The first-order valence-electron chi connectivity index (χ1n) is 8.21. The van der Waals surface area contributed by atoms with Crippen LogP contribution in [0.3, 0.4) is 0 Å². The summed E-state index contributed by atoms with van der Waals surface area (Å²) >= 11 is 0. The summed E-state index contributed by atoms with van der Waals surface area (Å²) < 4.78 is 6.87. The van der Waals surface area contributed by atoms with Crippen molar-refractivity contribution in [3.05, 3.63) is 52.8 Å². The fraction of sp³-hybridized carbons (Fsp3) is 0.316. The SMILES string of the molecule is COc1ccc(CCNC(=O)c2cc(C)nc3c2c(C)nn3C)cc1. The number of carbonyl (C=O) groups is 1. The minimum Gasteiger partial charge on any atom is -0.497 e. The van der Waals surface area contributed by atoms with Crippen LogP contribution in [0.4, 0.5) is 0 Å². The summed E-state index contributed by atoms with van der Waals surface area (Å²) in [5.74, 6) is 0.731. The molecule has 3 aromatic rings. The van der Waals surface area contributed by atoms with Gasteiger partial charge in [0.15, 0.2) is 5.65 Å². The molecule has 2 aromatic heterocycles. The Morgan fingerprint density at radius 2 is 1.96 bits per heavy atom. The van der Waals surface area contributed by atoms with Crippen molar-refractivity contribution in [1.82, 2.24) is 20.1 Å². The number of ether oxygens (including phenoxy) is 1. The lowest BCUT2D eigenvalue weighted by molar-refractivity contribution is 0.0955. The molecule has 0 radical (unpaired) electrons. The Morgan fingerprint density at radius 1 is 1.24 bits per heavy atom. The number of rotatable bonds is 5. The maximum atomic E-state index is 12.7. The number of nitrogens with zero attached hydrogens (tertiary/aromatic N) is 3. The molecule has 1 aromatic carbocycles. The number of aryl methyl sites for hydroxylation is 3. The van der Waals surface area contributed by atoms with Gasteiger partial charge in [0.05, 0.1) is 23.8 Å². The van der Waals surface area contributed by atoms with Gasteiger partial charge < -0.3 is 10.1 Å². The van der Waals surface area contributed by atoms with Crippen molar-refractivity contribution < 1.29 is 9.53 Å². The molecule has 1 amide bonds. The van der Waals surface area contributed by atoms with Gasteiger partial charge in [0.1, 0.15) is 5.75 Å². The number of hydrogen-bond donors (Lipinski definition) is 1. The molecule has 0 atom stereocenters. The Bertz CT molecular complexity index is 913. The van der Waals surface area contributed by atoms with Gasteiger partial charge in [-0.1, -0.05) is 12.1 Å². The van der Waals surface area contributed by atoms with Crippen LogP contribution in [0.1, 0.15) is 27.3 Å². The van der Waals surface area contributed by atoms with Crippen molar-refractivity contribution in [3.8, 4) is 5.75 Å². The normalized spacial score (nSPS) is 10.9. The zero-order valence-electron chi connectivity index (χ0n) is 15.0. The summed E-state index contributed by atoms with van der Waals surface area (Å²) in [7, 11) is 3.49. The van der Waals surface area contributed by atoms with Crippen LogP contribution in [0.25, 0.3) is 11.0 Å². The van der Waals surface area contributed by atoms with Crippen LogP contribution >= 0.6 is 0 Å². The van der Waals surface area contributed by atoms with Crippen molar-refractivity contribution in [1.29, 1.82) is 0 Å². The number of methoxy groups -OCH3 is 1. The van der Waals surface area contributed by atoms with Crippen molar-refractivity contribution in [2.75, 3.05) is 13.7 Å². The van der Waals surface area contributed by atoms with Gasteiger partial charge in [-0.25, -0.2) is 4.98 Å². The van der Waals surface area contributed by atoms with E-state index in [0.29, 0.717) is 12.1 Å². The van der Waals surface area contributed by atoms with Gasteiger partial charge in [0.25, 0.3) is 5.91 Å². The zero-order chi connectivity index (χ0) is 18.0. The molecule has 6 nitrogen and oxygen atoms in total. The lowest BCUT2D eigenvalue weighted by atomic mass is 10.1. The quantitative estimate of drug-likeness (QED) is 0.776. The molecule has 0 aliphatic heterocycles. The highest BCUT2D eigenvalue weighted by molar-refractivity contribution is 6.06. The van der Waals surface area contributed by atoms with Gasteiger partial charge in [-0.05, 0) is 44.0 Å². The van der Waals surface area contributed by atoms with Crippen molar-refractivity contribution in [3.63, 3.8) is 0 Å². The summed E-state index contributed by atoms with van der Waals surface area (Å²) in [6, 6.07) is 9.67. The van der Waals surface area contributed by atoms with E-state index in [2.05, 4.69) is 15.4 Å². The first kappa shape index (κ1) is 17.0. The Balaban J connectivity index is 1.74. The Kier molecular flexibility index (Phi) is 4.70. The summed E-state index contributed by atoms with van der Waals surface area (Å²) in [5, 5.41) is 8.19. The van der Waals surface area contributed by atoms with E-state index >= 15 is 0 Å². The minimum atomic E-state index is -0.0971. The van der Waals surface area contributed by atoms with Gasteiger partial charge >= 0.3 is 0 Å². The second-order valence-electron chi connectivity index (χ2n) is 6.07. The van der Waals surface area contributed by atoms with Crippen molar-refractivity contribution in [2.45, 2.75) is 20.3 Å². The third-order valence-electron chi connectivity index (χ3n) is 4.20. The molecule has 2 heterocycles. The van der Waals surface area contributed by atoms with Crippen molar-refractivity contribution >= 4 is 16.9 Å². The number of fused-ring (bicyclic) bond motifs is 1. The summed E-state index contributed by atoms with van der Waals surface area (Å²) in [4.78, 5) is 17.2. The third-order valence-corrected chi connectivity index (χ3v) is 4.20. The highest BCUT2D eigenvalue weighted by Gasteiger charge is 2.17. The molecule has 0 aliphatic carbocycles. The van der Waals surface area contributed by atoms with Gasteiger partial charge in [-0.15, -0.1) is 0 Å². The third kappa shape index (κ3) is 3.47. The predicted molar refractivity (Wildman–Crippen MR) is 97.0 cm³/mol. The molecule has 0 spiro atoms. The summed E-state index contributed by atoms with van der Waals surface area (Å²) in [6.07, 6.45) is 0.759. The summed E-state index contributed by atoms with van der Waals surface area (Å²) in [5.41, 5.74) is 4.12. The largest absolute Gasteiger partial charge is 0.497 e. The fourth-order valence-corrected chi connectivity index (χ4v) is 2.96. The Labute approximate surface area is 146 Å². The minimum absolute atomic E-state index is 0.0971. The molecule has 1 N–H and O–H groups in total. The molecule has 25 heavy (non-hydrogen) atoms. The van der Waals surface area contributed by atoms with Gasteiger partial charge in [0, 0.05) is 19.3 Å². The molecule has 0 saturated heterocycles. The highest BCUT2D eigenvalue weighted by Crippen LogP contribution is 2.21. The number of nitrogens with one attached hydrogen (secondary N) is 1. The number of hydrogen-bond acceptors (Lipinski definition) is 4. The average Bonchev–Trinajstić information content (AvgIpc) is 2.88. The number of amides is 1. The molecular formula is C19H22N4O2. The first-order chi connectivity index (χ1) is 12.0. The standard InChI is InChI=1S/C19H22N4O2/c1-12-11-16(17-13(2)22-23(3)18(17)21-12)19(24)20-10-9-14-5-7-15(25-4)8-6-14/h5-8,11H,9-10H2,1-4H3,(H,20,24). The van der Waals surface area contributed by atoms with E-state index in [4.69, 9.17) is 4.74 Å². The monoisotopic (exact) mass is 338 g/mol. The van der Waals surface area contributed by atoms with E-state index in [9.17, 15) is 4.79 Å². The Hall–Kier alpha value is -2.89. The second-order valence-corrected chi connectivity index (χ2v) is 6.07. The first-order valence-corrected chi connectivity index (χ1v) is 8.21. The molecule has 3 rings (SSSR count). The molecule has 130 valence electrons. The van der Waals surface area contributed by atoms with E-state index in [1.165, 1.54) is 0 Å². The van der Waals surface area contributed by atoms with Crippen LogP contribution in [0.15, 0.2) is 30.3 Å². The van der Waals surface area contributed by atoms with Crippen LogP contribution in [-0.4, -0.2) is 34.3 Å². The smallest absolute Gasteiger partial charge is 0.252 e. The molecule has 0 unspecified atom stereocenters. The Morgan fingerprint density at radius 3 is 2.64 bits per heavy atom. The second kappa shape index (κ2) is 6.93. The average molecular weight is 338 g/mol. The van der Waals surface area contributed by atoms with E-state index < -0.39 is 0 Å². The molecule has 6 heteroatoms. The topological polar surface area (TPSA) is 69.0 Å². The van der Waals surface area contributed by atoms with Gasteiger partial charge in [0.2, 0.25) is 0 Å². The number of benzene rings is 1. The van der Waals surface area contributed by atoms with Gasteiger partial charge in [-0.3, -0.25) is 9.48 Å². The van der Waals surface area contributed by atoms with Crippen LogP contribution in [0, 0.1) is 13.8 Å². The fourth-order valence-electron chi connectivity index (χ4n) is 2.96. The van der Waals surface area contributed by atoms with Gasteiger partial charge in [-0.2, -0.15) is 5.10 Å². The molecular weight excluding hydrogens is 316 g/mol. The van der Waals surface area contributed by atoms with E-state index in [0.717, 1.165) is 40.2 Å². The van der Waals surface area contributed by atoms with E-state index in [1.807, 2.05) is 51.2 Å². The predicted octanol–water partition coefficient (Wildman–Crippen LogP) is 2.57. The number of carbonyl (C=O) groups excluding carboxylic acids is 1. The molecule has 0 bridgehead atoms. The highest BCUT2D eigenvalue weighted by atomic mass is 16.5. The van der Waals surface area contributed by atoms with Crippen LogP contribution in [-0.2, 0) is 13.5 Å².